The van der Waals surface area contributed by atoms with Crippen molar-refractivity contribution < 1.29 is 9.53 Å². The Hall–Kier alpha value is -1.07. The fourth-order valence-electron chi connectivity index (χ4n) is 1.88. The maximum Gasteiger partial charge on any atom is 0.224 e. The van der Waals surface area contributed by atoms with E-state index in [9.17, 15) is 4.79 Å². The van der Waals surface area contributed by atoms with Gasteiger partial charge in [-0.25, -0.2) is 0 Å². The Kier molecular flexibility index (Phi) is 7.02. The Bertz CT molecular complexity index is 461. The quantitative estimate of drug-likeness (QED) is 0.745. The van der Waals surface area contributed by atoms with E-state index in [1.807, 2.05) is 19.1 Å². The molecule has 1 aromatic rings. The number of methoxy groups -OCH3 is 1. The summed E-state index contributed by atoms with van der Waals surface area (Å²) in [6.45, 7) is 6.98. The number of amides is 1. The van der Waals surface area contributed by atoms with E-state index >= 15 is 0 Å². The fourth-order valence-corrected chi connectivity index (χ4v) is 2.43. The van der Waals surface area contributed by atoms with Gasteiger partial charge in [-0.05, 0) is 37.6 Å². The van der Waals surface area contributed by atoms with Gasteiger partial charge in [-0.15, -0.1) is 0 Å². The van der Waals surface area contributed by atoms with Crippen LogP contribution in [0, 0.1) is 6.92 Å². The van der Waals surface area contributed by atoms with E-state index in [4.69, 9.17) is 4.74 Å². The fraction of sp³-hybridized carbons (Fsp3) is 0.533. The van der Waals surface area contributed by atoms with Crippen LogP contribution >= 0.6 is 15.9 Å². The lowest BCUT2D eigenvalue weighted by Crippen LogP contribution is -2.24. The van der Waals surface area contributed by atoms with Crippen molar-refractivity contribution in [2.45, 2.75) is 39.7 Å². The third kappa shape index (κ3) is 5.51. The molecule has 1 rings (SSSR count). The molecule has 0 aromatic heterocycles. The molecular formula is C15H23BrN2O2. The van der Waals surface area contributed by atoms with Crippen molar-refractivity contribution >= 4 is 27.5 Å². The van der Waals surface area contributed by atoms with Crippen LogP contribution in [0.1, 0.15) is 32.3 Å². The van der Waals surface area contributed by atoms with E-state index in [2.05, 4.69) is 40.4 Å². The standard InChI is InChI=1S/C15H23BrN2O2/c1-10(2)17-7-5-6-14(19)18-15-11(3)8-12(16)9-13(15)20-4/h8-10,17H,5-7H2,1-4H3,(H,18,19). The van der Waals surface area contributed by atoms with E-state index in [0.29, 0.717) is 18.2 Å². The maximum atomic E-state index is 12.0. The molecule has 0 bridgehead atoms. The first-order valence-electron chi connectivity index (χ1n) is 6.81. The summed E-state index contributed by atoms with van der Waals surface area (Å²) in [4.78, 5) is 12.0. The number of ether oxygens (including phenoxy) is 1. The molecule has 112 valence electrons. The first-order valence-corrected chi connectivity index (χ1v) is 7.60. The third-order valence-corrected chi connectivity index (χ3v) is 3.34. The lowest BCUT2D eigenvalue weighted by atomic mass is 10.1. The highest BCUT2D eigenvalue weighted by molar-refractivity contribution is 9.10. The van der Waals surface area contributed by atoms with Gasteiger partial charge in [0.15, 0.2) is 0 Å². The lowest BCUT2D eigenvalue weighted by molar-refractivity contribution is -0.116. The Morgan fingerprint density at radius 1 is 1.40 bits per heavy atom. The smallest absolute Gasteiger partial charge is 0.224 e. The van der Waals surface area contributed by atoms with Crippen LogP contribution in [0.4, 0.5) is 5.69 Å². The van der Waals surface area contributed by atoms with E-state index in [1.54, 1.807) is 7.11 Å². The van der Waals surface area contributed by atoms with E-state index < -0.39 is 0 Å². The zero-order valence-electron chi connectivity index (χ0n) is 12.5. The summed E-state index contributed by atoms with van der Waals surface area (Å²) in [7, 11) is 1.60. The summed E-state index contributed by atoms with van der Waals surface area (Å²) in [6.07, 6.45) is 1.32. The highest BCUT2D eigenvalue weighted by Gasteiger charge is 2.11. The van der Waals surface area contributed by atoms with E-state index in [1.165, 1.54) is 0 Å². The Labute approximate surface area is 129 Å². The minimum Gasteiger partial charge on any atom is -0.495 e. The third-order valence-electron chi connectivity index (χ3n) is 2.88. The lowest BCUT2D eigenvalue weighted by Gasteiger charge is -2.14. The number of rotatable bonds is 7. The highest BCUT2D eigenvalue weighted by Crippen LogP contribution is 2.32. The summed E-state index contributed by atoms with van der Waals surface area (Å²) in [5.41, 5.74) is 1.72. The first-order chi connectivity index (χ1) is 9.43. The normalized spacial score (nSPS) is 10.7. The molecule has 0 saturated carbocycles. The van der Waals surface area contributed by atoms with E-state index in [-0.39, 0.29) is 5.91 Å². The zero-order valence-corrected chi connectivity index (χ0v) is 14.1. The molecule has 0 radical (unpaired) electrons. The van der Waals surface area contributed by atoms with Crippen LogP contribution in [0.2, 0.25) is 0 Å². The number of anilines is 1. The molecule has 0 atom stereocenters. The molecule has 0 aliphatic carbocycles. The molecule has 0 heterocycles. The van der Waals surface area contributed by atoms with Crippen LogP contribution in [0.5, 0.6) is 5.75 Å². The van der Waals surface area contributed by atoms with Crippen LogP contribution in [0.25, 0.3) is 0 Å². The summed E-state index contributed by atoms with van der Waals surface area (Å²) in [5.74, 6) is 0.685. The number of aryl methyl sites for hydroxylation is 1. The maximum absolute atomic E-state index is 12.0. The molecule has 2 N–H and O–H groups in total. The summed E-state index contributed by atoms with van der Waals surface area (Å²) >= 11 is 3.42. The largest absolute Gasteiger partial charge is 0.495 e. The summed E-state index contributed by atoms with van der Waals surface area (Å²) in [5, 5.41) is 6.23. The second-order valence-corrected chi connectivity index (χ2v) is 5.98. The molecule has 5 heteroatoms. The molecule has 0 unspecified atom stereocenters. The molecule has 0 saturated heterocycles. The molecule has 0 aliphatic heterocycles. The molecule has 0 fully saturated rings. The van der Waals surface area contributed by atoms with Gasteiger partial charge in [-0.2, -0.15) is 0 Å². The van der Waals surface area contributed by atoms with Gasteiger partial charge in [0, 0.05) is 16.9 Å². The molecule has 4 nitrogen and oxygen atoms in total. The van der Waals surface area contributed by atoms with Crippen molar-refractivity contribution in [1.29, 1.82) is 0 Å². The van der Waals surface area contributed by atoms with Crippen molar-refractivity contribution in [2.24, 2.45) is 0 Å². The van der Waals surface area contributed by atoms with Gasteiger partial charge in [0.2, 0.25) is 5.91 Å². The number of carbonyl (C=O) groups is 1. The van der Waals surface area contributed by atoms with Crippen LogP contribution < -0.4 is 15.4 Å². The van der Waals surface area contributed by atoms with Crippen LogP contribution in [-0.2, 0) is 4.79 Å². The predicted molar refractivity (Wildman–Crippen MR) is 86.4 cm³/mol. The number of hydrogen-bond acceptors (Lipinski definition) is 3. The Morgan fingerprint density at radius 3 is 2.70 bits per heavy atom. The zero-order chi connectivity index (χ0) is 15.1. The number of hydrogen-bond donors (Lipinski definition) is 2. The predicted octanol–water partition coefficient (Wildman–Crippen LogP) is 3.48. The number of nitrogens with one attached hydrogen (secondary N) is 2. The Morgan fingerprint density at radius 2 is 2.10 bits per heavy atom. The monoisotopic (exact) mass is 342 g/mol. The number of carbonyl (C=O) groups excluding carboxylic acids is 1. The van der Waals surface area contributed by atoms with Crippen LogP contribution in [0.15, 0.2) is 16.6 Å². The van der Waals surface area contributed by atoms with Crippen molar-refractivity contribution in [2.75, 3.05) is 19.0 Å². The second kappa shape index (κ2) is 8.27. The van der Waals surface area contributed by atoms with Gasteiger partial charge in [-0.3, -0.25) is 4.79 Å². The average Bonchev–Trinajstić information content (AvgIpc) is 2.37. The molecule has 0 aliphatic rings. The van der Waals surface area contributed by atoms with Crippen LogP contribution in [-0.4, -0.2) is 25.6 Å². The van der Waals surface area contributed by atoms with Gasteiger partial charge < -0.3 is 15.4 Å². The molecule has 1 aromatic carbocycles. The SMILES string of the molecule is COc1cc(Br)cc(C)c1NC(=O)CCCNC(C)C. The van der Waals surface area contributed by atoms with Gasteiger partial charge in [0.1, 0.15) is 5.75 Å². The van der Waals surface area contributed by atoms with Gasteiger partial charge in [0.25, 0.3) is 0 Å². The first kappa shape index (κ1) is 17.0. The minimum atomic E-state index is 0.0132. The minimum absolute atomic E-state index is 0.0132. The number of halogens is 1. The average molecular weight is 343 g/mol. The van der Waals surface area contributed by atoms with Crippen molar-refractivity contribution in [3.05, 3.63) is 22.2 Å². The van der Waals surface area contributed by atoms with Gasteiger partial charge in [0.05, 0.1) is 12.8 Å². The second-order valence-electron chi connectivity index (χ2n) is 5.06. The van der Waals surface area contributed by atoms with Crippen molar-refractivity contribution in [3.8, 4) is 5.75 Å². The van der Waals surface area contributed by atoms with Crippen LogP contribution in [0.3, 0.4) is 0 Å². The van der Waals surface area contributed by atoms with Crippen molar-refractivity contribution in [1.82, 2.24) is 5.32 Å². The molecular weight excluding hydrogens is 320 g/mol. The van der Waals surface area contributed by atoms with E-state index in [0.717, 1.165) is 28.7 Å². The van der Waals surface area contributed by atoms with Gasteiger partial charge >= 0.3 is 0 Å². The van der Waals surface area contributed by atoms with Gasteiger partial charge in [-0.1, -0.05) is 29.8 Å². The van der Waals surface area contributed by atoms with Crippen molar-refractivity contribution in [3.63, 3.8) is 0 Å². The summed E-state index contributed by atoms with van der Waals surface area (Å²) < 4.78 is 6.24. The number of benzene rings is 1. The Balaban J connectivity index is 2.57. The summed E-state index contributed by atoms with van der Waals surface area (Å²) in [6, 6.07) is 4.26. The molecule has 1 amide bonds. The highest BCUT2D eigenvalue weighted by atomic mass is 79.9. The molecule has 20 heavy (non-hydrogen) atoms. The molecule has 0 spiro atoms. The topological polar surface area (TPSA) is 50.4 Å².